The van der Waals surface area contributed by atoms with Crippen molar-refractivity contribution in [3.8, 4) is 17.1 Å². The molecule has 4 bridgehead atoms. The summed E-state index contributed by atoms with van der Waals surface area (Å²) >= 11 is 0. The van der Waals surface area contributed by atoms with Gasteiger partial charge in [-0.15, -0.1) is 0 Å². The minimum atomic E-state index is -4.45. The van der Waals surface area contributed by atoms with Crippen LogP contribution in [0.15, 0.2) is 53.4 Å². The monoisotopic (exact) mass is 713 g/mol. The van der Waals surface area contributed by atoms with E-state index in [-0.39, 0.29) is 59.6 Å². The number of aromatic nitrogens is 2. The van der Waals surface area contributed by atoms with Crippen LogP contribution >= 0.6 is 0 Å². The van der Waals surface area contributed by atoms with Crippen LogP contribution in [0.5, 0.6) is 5.88 Å². The van der Waals surface area contributed by atoms with E-state index in [9.17, 15) is 26.4 Å². The maximum Gasteiger partial charge on any atom is 0.394 e. The quantitative estimate of drug-likeness (QED) is 0.271. The van der Waals surface area contributed by atoms with Gasteiger partial charge in [-0.25, -0.2) is 18.1 Å². The first kappa shape index (κ1) is 34.7. The third-order valence-electron chi connectivity index (χ3n) is 11.0. The van der Waals surface area contributed by atoms with Crippen LogP contribution in [0.4, 0.5) is 19.1 Å². The van der Waals surface area contributed by atoms with E-state index in [2.05, 4.69) is 20.0 Å². The maximum atomic E-state index is 14.5. The van der Waals surface area contributed by atoms with Crippen LogP contribution in [-0.2, 0) is 14.8 Å². The van der Waals surface area contributed by atoms with Crippen LogP contribution in [0.1, 0.15) is 66.4 Å². The normalized spacial score (nSPS) is 26.7. The van der Waals surface area contributed by atoms with Crippen LogP contribution in [0.2, 0.25) is 0 Å². The molecule has 3 aromatic rings. The van der Waals surface area contributed by atoms with Gasteiger partial charge in [0.25, 0.3) is 15.9 Å². The largest absolute Gasteiger partial charge is 0.475 e. The number of aryl methyl sites for hydroxylation is 2. The third kappa shape index (κ3) is 6.57. The molecule has 1 atom stereocenters. The van der Waals surface area contributed by atoms with Crippen molar-refractivity contribution in [3.05, 3.63) is 65.2 Å². The van der Waals surface area contributed by atoms with E-state index >= 15 is 0 Å². The Balaban J connectivity index is 1.28. The number of rotatable bonds is 8. The van der Waals surface area contributed by atoms with Gasteiger partial charge in [0.15, 0.2) is 0 Å². The van der Waals surface area contributed by atoms with Gasteiger partial charge < -0.3 is 19.7 Å². The average molecular weight is 714 g/mol. The van der Waals surface area contributed by atoms with Crippen LogP contribution in [-0.4, -0.2) is 80.4 Å². The molecule has 50 heavy (non-hydrogen) atoms. The molecule has 1 amide bonds. The van der Waals surface area contributed by atoms with Crippen LogP contribution in [0, 0.1) is 24.7 Å². The number of amides is 1. The van der Waals surface area contributed by atoms with Crippen molar-refractivity contribution in [3.63, 3.8) is 0 Å². The molecule has 4 aliphatic rings. The second-order valence-electron chi connectivity index (χ2n) is 14.6. The van der Waals surface area contributed by atoms with Gasteiger partial charge in [0.05, 0.1) is 28.7 Å². The van der Waals surface area contributed by atoms with Gasteiger partial charge >= 0.3 is 6.18 Å². The number of sulfonamides is 1. The predicted octanol–water partition coefficient (Wildman–Crippen LogP) is 6.04. The standard InChI is InChI=1S/C36H42F3N5O5S/c1-22-6-4-7-23(2)31(22)29-15-30-42-33(41-29)43-50(46,47)28-9-5-8-24(14-28)32(45)44(27(21-49-30)20-35(10-11-35)36(37,38)39)26-18-34(19-26)16-25(17-34)40-12-13-48-3/h4-9,14-15,25-27,40H,10-13,16-21H2,1-3H3,(H,41,42,43)/t25?,26?,27-,34?/m1/s1. The minimum absolute atomic E-state index is 0.000519. The Morgan fingerprint density at radius 1 is 1.04 bits per heavy atom. The van der Waals surface area contributed by atoms with E-state index in [1.54, 1.807) is 18.1 Å². The fourth-order valence-corrected chi connectivity index (χ4v) is 9.22. The first-order valence-corrected chi connectivity index (χ1v) is 18.5. The summed E-state index contributed by atoms with van der Waals surface area (Å²) < 4.78 is 84.7. The summed E-state index contributed by atoms with van der Waals surface area (Å²) in [5.74, 6) is -0.779. The van der Waals surface area contributed by atoms with Crippen molar-refractivity contribution in [1.29, 1.82) is 0 Å². The van der Waals surface area contributed by atoms with Crippen molar-refractivity contribution in [2.24, 2.45) is 10.8 Å². The number of alkyl halides is 3. The van der Waals surface area contributed by atoms with E-state index in [1.165, 1.54) is 24.3 Å². The smallest absolute Gasteiger partial charge is 0.394 e. The molecule has 1 aliphatic heterocycles. The molecule has 7 rings (SSSR count). The number of hydrogen-bond donors (Lipinski definition) is 2. The molecular weight excluding hydrogens is 671 g/mol. The number of anilines is 1. The van der Waals surface area contributed by atoms with Gasteiger partial charge in [0.2, 0.25) is 11.8 Å². The topological polar surface area (TPSA) is 123 Å². The number of ether oxygens (including phenoxy) is 2. The van der Waals surface area contributed by atoms with Crippen molar-refractivity contribution in [2.45, 2.75) is 88.0 Å². The Morgan fingerprint density at radius 3 is 2.40 bits per heavy atom. The highest BCUT2D eigenvalue weighted by atomic mass is 32.2. The molecule has 3 aliphatic carbocycles. The number of nitrogens with one attached hydrogen (secondary N) is 2. The Morgan fingerprint density at radius 2 is 1.74 bits per heavy atom. The molecular formula is C36H42F3N5O5S. The lowest BCUT2D eigenvalue weighted by molar-refractivity contribution is -0.194. The Labute approximate surface area is 290 Å². The second-order valence-corrected chi connectivity index (χ2v) is 16.3. The van der Waals surface area contributed by atoms with Crippen molar-refractivity contribution in [2.75, 3.05) is 31.6 Å². The fourth-order valence-electron chi connectivity index (χ4n) is 8.23. The zero-order valence-corrected chi connectivity index (χ0v) is 29.2. The summed E-state index contributed by atoms with van der Waals surface area (Å²) in [6.07, 6.45) is -1.72. The van der Waals surface area contributed by atoms with Crippen molar-refractivity contribution >= 4 is 21.9 Å². The molecule has 2 N–H and O–H groups in total. The van der Waals surface area contributed by atoms with Crippen molar-refractivity contribution in [1.82, 2.24) is 20.2 Å². The van der Waals surface area contributed by atoms with E-state index in [1.807, 2.05) is 32.0 Å². The molecule has 1 aromatic heterocycles. The molecule has 2 aromatic carbocycles. The highest BCUT2D eigenvalue weighted by molar-refractivity contribution is 7.92. The van der Waals surface area contributed by atoms with Gasteiger partial charge in [-0.2, -0.15) is 18.2 Å². The number of nitrogens with zero attached hydrogens (tertiary/aromatic N) is 3. The predicted molar refractivity (Wildman–Crippen MR) is 180 cm³/mol. The third-order valence-corrected chi connectivity index (χ3v) is 12.3. The lowest BCUT2D eigenvalue weighted by Gasteiger charge is -2.61. The molecule has 268 valence electrons. The molecule has 0 radical (unpaired) electrons. The van der Waals surface area contributed by atoms with Crippen LogP contribution < -0.4 is 14.8 Å². The Hall–Kier alpha value is -3.75. The highest BCUT2D eigenvalue weighted by Crippen LogP contribution is 2.62. The van der Waals surface area contributed by atoms with Gasteiger partial charge in [0.1, 0.15) is 6.61 Å². The number of halogens is 3. The minimum Gasteiger partial charge on any atom is -0.475 e. The van der Waals surface area contributed by atoms with E-state index in [0.29, 0.717) is 31.2 Å². The van der Waals surface area contributed by atoms with Crippen LogP contribution in [0.3, 0.4) is 0 Å². The molecule has 0 unspecified atom stereocenters. The summed E-state index contributed by atoms with van der Waals surface area (Å²) in [5.41, 5.74) is 1.07. The summed E-state index contributed by atoms with van der Waals surface area (Å²) in [6, 6.07) is 11.9. The Kier molecular flexibility index (Phi) is 8.87. The summed E-state index contributed by atoms with van der Waals surface area (Å²) in [7, 11) is -2.63. The maximum absolute atomic E-state index is 14.5. The van der Waals surface area contributed by atoms with Gasteiger partial charge in [0, 0.05) is 42.9 Å². The number of benzene rings is 2. The summed E-state index contributed by atoms with van der Waals surface area (Å²) in [6.45, 7) is 4.87. The van der Waals surface area contributed by atoms with Gasteiger partial charge in [-0.3, -0.25) is 4.79 Å². The highest BCUT2D eigenvalue weighted by Gasteiger charge is 2.65. The number of methoxy groups -OCH3 is 1. The molecule has 3 saturated carbocycles. The van der Waals surface area contributed by atoms with Crippen molar-refractivity contribution < 1.29 is 35.9 Å². The van der Waals surface area contributed by atoms with E-state index in [4.69, 9.17) is 9.47 Å². The number of carbonyl (C=O) groups excluding carboxylic acids is 1. The number of fused-ring (bicyclic) bond motifs is 4. The van der Waals surface area contributed by atoms with Gasteiger partial charge in [-0.05, 0) is 93.5 Å². The lowest BCUT2D eigenvalue weighted by Crippen LogP contribution is -2.64. The SMILES string of the molecule is COCCNC1CC2(C1)CC(N1C(=O)c3cccc(c3)S(=O)(=O)Nc3nc(cc(-c4c(C)cccc4C)n3)OC[C@H]1CC1(C(F)(F)F)CC1)C2. The fraction of sp³-hybridized carbons (Fsp3) is 0.528. The number of hydrogen-bond acceptors (Lipinski definition) is 8. The zero-order chi connectivity index (χ0) is 35.5. The molecule has 14 heteroatoms. The molecule has 0 saturated heterocycles. The Bertz CT molecular complexity index is 1870. The molecule has 2 heterocycles. The lowest BCUT2D eigenvalue weighted by atomic mass is 9.51. The molecule has 10 nitrogen and oxygen atoms in total. The zero-order valence-electron chi connectivity index (χ0n) is 28.3. The van der Waals surface area contributed by atoms with Gasteiger partial charge in [-0.1, -0.05) is 24.3 Å². The average Bonchev–Trinajstić information content (AvgIpc) is 3.81. The number of carbonyl (C=O) groups is 1. The first-order chi connectivity index (χ1) is 23.7. The first-order valence-electron chi connectivity index (χ1n) is 17.0. The molecule has 3 fully saturated rings. The van der Waals surface area contributed by atoms with E-state index < -0.39 is 33.6 Å². The summed E-state index contributed by atoms with van der Waals surface area (Å²) in [5, 5.41) is 3.48. The molecule has 1 spiro atoms. The van der Waals surface area contributed by atoms with E-state index in [0.717, 1.165) is 36.1 Å². The van der Waals surface area contributed by atoms with Crippen LogP contribution in [0.25, 0.3) is 11.3 Å². The second kappa shape index (κ2) is 12.8. The summed E-state index contributed by atoms with van der Waals surface area (Å²) in [4.78, 5) is 24.8.